The fraction of sp³-hybridized carbons (Fsp3) is 0.538. The zero-order valence-corrected chi connectivity index (χ0v) is 11.3. The monoisotopic (exact) mass is 272 g/mol. The molecule has 0 bridgehead atoms. The third-order valence-corrected chi connectivity index (χ3v) is 3.91. The summed E-state index contributed by atoms with van der Waals surface area (Å²) >= 11 is 11.9. The highest BCUT2D eigenvalue weighted by Gasteiger charge is 2.15. The molecule has 2 rings (SSSR count). The Morgan fingerprint density at radius 3 is 2.53 bits per heavy atom. The Kier molecular flexibility index (Phi) is 4.69. The zero-order valence-electron chi connectivity index (χ0n) is 9.83. The molecular weight excluding hydrogens is 255 g/mol. The normalized spacial score (nSPS) is 18.5. The van der Waals surface area contributed by atoms with Gasteiger partial charge in [0.25, 0.3) is 0 Å². The molecule has 4 heteroatoms. The van der Waals surface area contributed by atoms with E-state index in [1.54, 1.807) is 0 Å². The second-order valence-corrected chi connectivity index (χ2v) is 5.53. The Morgan fingerprint density at radius 1 is 1.18 bits per heavy atom. The second-order valence-electron chi connectivity index (χ2n) is 4.72. The maximum Gasteiger partial charge on any atom is 0.0595 e. The fourth-order valence-electron chi connectivity index (χ4n) is 2.33. The minimum absolute atomic E-state index is 0.172. The first-order valence-corrected chi connectivity index (χ1v) is 6.82. The van der Waals surface area contributed by atoms with Crippen LogP contribution in [0.3, 0.4) is 0 Å². The predicted octanol–water partition coefficient (Wildman–Crippen LogP) is 2.96. The summed E-state index contributed by atoms with van der Waals surface area (Å²) in [6.07, 6.45) is 3.46. The van der Waals surface area contributed by atoms with Crippen LogP contribution in [-0.4, -0.2) is 30.6 Å². The van der Waals surface area contributed by atoms with E-state index in [4.69, 9.17) is 28.9 Å². The smallest absolute Gasteiger partial charge is 0.0595 e. The predicted molar refractivity (Wildman–Crippen MR) is 73.8 cm³/mol. The van der Waals surface area contributed by atoms with E-state index < -0.39 is 0 Å². The van der Waals surface area contributed by atoms with Gasteiger partial charge in [-0.1, -0.05) is 29.3 Å². The number of hydrogen-bond acceptors (Lipinski definition) is 2. The van der Waals surface area contributed by atoms with Crippen molar-refractivity contribution in [3.63, 3.8) is 0 Å². The van der Waals surface area contributed by atoms with Crippen molar-refractivity contribution in [1.82, 2.24) is 4.90 Å². The van der Waals surface area contributed by atoms with Gasteiger partial charge >= 0.3 is 0 Å². The first-order valence-electron chi connectivity index (χ1n) is 6.07. The van der Waals surface area contributed by atoms with Crippen LogP contribution in [0.5, 0.6) is 0 Å². The molecule has 1 unspecified atom stereocenters. The van der Waals surface area contributed by atoms with Crippen LogP contribution in [0.25, 0.3) is 0 Å². The highest BCUT2D eigenvalue weighted by molar-refractivity contribution is 6.42. The molecule has 0 aromatic heterocycles. The highest BCUT2D eigenvalue weighted by atomic mass is 35.5. The summed E-state index contributed by atoms with van der Waals surface area (Å²) in [6.45, 7) is 3.35. The summed E-state index contributed by atoms with van der Waals surface area (Å²) in [6, 6.07) is 5.92. The van der Waals surface area contributed by atoms with Crippen molar-refractivity contribution >= 4 is 23.2 Å². The van der Waals surface area contributed by atoms with E-state index >= 15 is 0 Å². The molecule has 2 N–H and O–H groups in total. The van der Waals surface area contributed by atoms with E-state index in [9.17, 15) is 0 Å². The lowest BCUT2D eigenvalue weighted by Gasteiger charge is -2.20. The molecule has 1 fully saturated rings. The SMILES string of the molecule is NC(Cc1ccc(Cl)c(Cl)c1)CN1CCCC1. The molecule has 94 valence electrons. The van der Waals surface area contributed by atoms with Gasteiger partial charge in [-0.2, -0.15) is 0 Å². The molecular formula is C13H18Cl2N2. The summed E-state index contributed by atoms with van der Waals surface area (Å²) in [5.74, 6) is 0. The lowest BCUT2D eigenvalue weighted by molar-refractivity contribution is 0.313. The average Bonchev–Trinajstić information content (AvgIpc) is 2.76. The van der Waals surface area contributed by atoms with E-state index in [-0.39, 0.29) is 6.04 Å². The Bertz CT molecular complexity index is 376. The van der Waals surface area contributed by atoms with E-state index in [1.165, 1.54) is 25.9 Å². The van der Waals surface area contributed by atoms with E-state index in [0.29, 0.717) is 10.0 Å². The van der Waals surface area contributed by atoms with Crippen molar-refractivity contribution < 1.29 is 0 Å². The molecule has 1 aromatic rings. The lowest BCUT2D eigenvalue weighted by atomic mass is 10.1. The van der Waals surface area contributed by atoms with Crippen LogP contribution in [-0.2, 0) is 6.42 Å². The van der Waals surface area contributed by atoms with Crippen molar-refractivity contribution in [1.29, 1.82) is 0 Å². The zero-order chi connectivity index (χ0) is 12.3. The van der Waals surface area contributed by atoms with Crippen LogP contribution in [0.15, 0.2) is 18.2 Å². The molecule has 0 aliphatic carbocycles. The largest absolute Gasteiger partial charge is 0.326 e. The highest BCUT2D eigenvalue weighted by Crippen LogP contribution is 2.23. The molecule has 0 amide bonds. The van der Waals surface area contributed by atoms with E-state index in [0.717, 1.165) is 18.5 Å². The number of rotatable bonds is 4. The lowest BCUT2D eigenvalue weighted by Crippen LogP contribution is -2.37. The first kappa shape index (κ1) is 13.2. The van der Waals surface area contributed by atoms with Crippen LogP contribution in [0.2, 0.25) is 10.0 Å². The number of benzene rings is 1. The molecule has 17 heavy (non-hydrogen) atoms. The van der Waals surface area contributed by atoms with Crippen molar-refractivity contribution in [2.75, 3.05) is 19.6 Å². The Labute approximate surface area is 113 Å². The Hall–Kier alpha value is -0.280. The minimum Gasteiger partial charge on any atom is -0.326 e. The quantitative estimate of drug-likeness (QED) is 0.913. The Morgan fingerprint density at radius 2 is 1.88 bits per heavy atom. The van der Waals surface area contributed by atoms with Gasteiger partial charge in [0.15, 0.2) is 0 Å². The van der Waals surface area contributed by atoms with Gasteiger partial charge in [-0.3, -0.25) is 0 Å². The second kappa shape index (κ2) is 6.05. The third kappa shape index (κ3) is 3.85. The summed E-state index contributed by atoms with van der Waals surface area (Å²) < 4.78 is 0. The van der Waals surface area contributed by atoms with E-state index in [1.807, 2.05) is 18.2 Å². The van der Waals surface area contributed by atoms with Gasteiger partial charge in [0.2, 0.25) is 0 Å². The van der Waals surface area contributed by atoms with Crippen molar-refractivity contribution in [3.05, 3.63) is 33.8 Å². The third-order valence-electron chi connectivity index (χ3n) is 3.17. The van der Waals surface area contributed by atoms with Crippen LogP contribution in [0.4, 0.5) is 0 Å². The van der Waals surface area contributed by atoms with Gasteiger partial charge < -0.3 is 10.6 Å². The topological polar surface area (TPSA) is 29.3 Å². The number of hydrogen-bond donors (Lipinski definition) is 1. The van der Waals surface area contributed by atoms with Crippen LogP contribution in [0, 0.1) is 0 Å². The van der Waals surface area contributed by atoms with E-state index in [2.05, 4.69) is 4.90 Å². The Balaban J connectivity index is 1.88. The fourth-order valence-corrected chi connectivity index (χ4v) is 2.65. The molecule has 1 aliphatic rings. The summed E-state index contributed by atoms with van der Waals surface area (Å²) in [7, 11) is 0. The minimum atomic E-state index is 0.172. The maximum atomic E-state index is 6.16. The molecule has 1 aliphatic heterocycles. The van der Waals surface area contributed by atoms with Gasteiger partial charge in [-0.15, -0.1) is 0 Å². The van der Waals surface area contributed by atoms with Gasteiger partial charge in [-0.05, 0) is 50.0 Å². The van der Waals surface area contributed by atoms with Crippen molar-refractivity contribution in [2.24, 2.45) is 5.73 Å². The molecule has 1 saturated heterocycles. The van der Waals surface area contributed by atoms with Crippen molar-refractivity contribution in [3.8, 4) is 0 Å². The molecule has 2 nitrogen and oxygen atoms in total. The number of halogens is 2. The molecule has 1 aromatic carbocycles. The molecule has 0 spiro atoms. The van der Waals surface area contributed by atoms with Gasteiger partial charge in [0.05, 0.1) is 10.0 Å². The van der Waals surface area contributed by atoms with Crippen LogP contribution < -0.4 is 5.73 Å². The van der Waals surface area contributed by atoms with Crippen molar-refractivity contribution in [2.45, 2.75) is 25.3 Å². The first-order chi connectivity index (χ1) is 8.15. The average molecular weight is 273 g/mol. The van der Waals surface area contributed by atoms with Gasteiger partial charge in [-0.25, -0.2) is 0 Å². The molecule has 1 heterocycles. The number of nitrogens with two attached hydrogens (primary N) is 1. The molecule has 0 radical (unpaired) electrons. The number of likely N-dealkylation sites (tertiary alicyclic amines) is 1. The summed E-state index contributed by atoms with van der Waals surface area (Å²) in [5.41, 5.74) is 7.31. The van der Waals surface area contributed by atoms with Crippen LogP contribution >= 0.6 is 23.2 Å². The molecule has 1 atom stereocenters. The molecule has 0 saturated carbocycles. The standard InChI is InChI=1S/C13H18Cl2N2/c14-12-4-3-10(8-13(12)15)7-11(16)9-17-5-1-2-6-17/h3-4,8,11H,1-2,5-7,9,16H2. The van der Waals surface area contributed by atoms with Crippen LogP contribution in [0.1, 0.15) is 18.4 Å². The summed E-state index contributed by atoms with van der Waals surface area (Å²) in [5, 5.41) is 1.21. The number of nitrogens with zero attached hydrogens (tertiary/aromatic N) is 1. The maximum absolute atomic E-state index is 6.16. The summed E-state index contributed by atoms with van der Waals surface area (Å²) in [4.78, 5) is 2.43. The van der Waals surface area contributed by atoms with Gasteiger partial charge in [0, 0.05) is 12.6 Å². The van der Waals surface area contributed by atoms with Gasteiger partial charge in [0.1, 0.15) is 0 Å².